The van der Waals surface area contributed by atoms with Crippen LogP contribution in [0.3, 0.4) is 0 Å². The second-order valence-electron chi connectivity index (χ2n) is 5.70. The number of hydrogen-bond donors (Lipinski definition) is 4. The Balaban J connectivity index is -0.000000306. The molecule has 26 heavy (non-hydrogen) atoms. The van der Waals surface area contributed by atoms with E-state index in [0.29, 0.717) is 12.8 Å². The third-order valence-electron chi connectivity index (χ3n) is 3.04. The molecule has 0 saturated carbocycles. The van der Waals surface area contributed by atoms with Crippen molar-refractivity contribution in [2.75, 3.05) is 0 Å². The highest BCUT2D eigenvalue weighted by atomic mass is 16.4. The Bertz CT molecular complexity index is 343. The number of aliphatic carboxylic acids is 4. The van der Waals surface area contributed by atoms with Gasteiger partial charge in [0.15, 0.2) is 0 Å². The van der Waals surface area contributed by atoms with E-state index in [4.69, 9.17) is 20.4 Å². The first-order chi connectivity index (χ1) is 12.2. The third kappa shape index (κ3) is 43.1. The highest BCUT2D eigenvalue weighted by Gasteiger charge is 2.00. The van der Waals surface area contributed by atoms with Gasteiger partial charge < -0.3 is 20.4 Å². The monoisotopic (exact) mass is 378 g/mol. The van der Waals surface area contributed by atoms with E-state index in [0.717, 1.165) is 38.5 Å². The summed E-state index contributed by atoms with van der Waals surface area (Å²) in [5.41, 5.74) is 0. The Kier molecular flexibility index (Phi) is 25.2. The Morgan fingerprint density at radius 1 is 0.462 bits per heavy atom. The molecular weight excluding hydrogens is 344 g/mol. The van der Waals surface area contributed by atoms with E-state index in [2.05, 4.69) is 13.8 Å². The maximum absolute atomic E-state index is 9.96. The maximum Gasteiger partial charge on any atom is 0.303 e. The summed E-state index contributed by atoms with van der Waals surface area (Å²) in [7, 11) is 0. The maximum atomic E-state index is 9.96. The molecule has 154 valence electrons. The second-order valence-corrected chi connectivity index (χ2v) is 5.70. The highest BCUT2D eigenvalue weighted by molar-refractivity contribution is 5.75. The molecule has 0 unspecified atom stereocenters. The van der Waals surface area contributed by atoms with Gasteiger partial charge in [-0.05, 0) is 12.8 Å². The summed E-state index contributed by atoms with van der Waals surface area (Å²) in [4.78, 5) is 39.2. The van der Waals surface area contributed by atoms with Crippen molar-refractivity contribution in [3.63, 3.8) is 0 Å². The number of carboxylic acid groups (broad SMARTS) is 4. The summed E-state index contributed by atoms with van der Waals surface area (Å²) in [6, 6.07) is 0. The van der Waals surface area contributed by atoms with Gasteiger partial charge in [-0.1, -0.05) is 52.4 Å². The van der Waals surface area contributed by atoms with Crippen LogP contribution in [0.5, 0.6) is 0 Å². The van der Waals surface area contributed by atoms with E-state index < -0.39 is 23.9 Å². The fourth-order valence-electron chi connectivity index (χ4n) is 1.62. The van der Waals surface area contributed by atoms with Crippen LogP contribution in [0.25, 0.3) is 0 Å². The lowest BCUT2D eigenvalue weighted by atomic mass is 10.2. The lowest BCUT2D eigenvalue weighted by molar-refractivity contribution is -0.143. The third-order valence-corrected chi connectivity index (χ3v) is 3.04. The summed E-state index contributed by atoms with van der Waals surface area (Å²) in [5.74, 6) is -3.50. The topological polar surface area (TPSA) is 149 Å². The van der Waals surface area contributed by atoms with Gasteiger partial charge in [0.2, 0.25) is 0 Å². The molecule has 0 amide bonds. The Hall–Kier alpha value is -2.12. The molecule has 0 aliphatic rings. The lowest BCUT2D eigenvalue weighted by Gasteiger charge is -1.92. The quantitative estimate of drug-likeness (QED) is 0.351. The van der Waals surface area contributed by atoms with Gasteiger partial charge in [0.1, 0.15) is 0 Å². The van der Waals surface area contributed by atoms with Crippen LogP contribution in [0.1, 0.15) is 90.9 Å². The minimum absolute atomic E-state index is 0.296. The molecule has 0 radical (unpaired) electrons. The van der Waals surface area contributed by atoms with Gasteiger partial charge in [0.05, 0.1) is 12.8 Å². The Morgan fingerprint density at radius 3 is 0.923 bits per heavy atom. The van der Waals surface area contributed by atoms with Crippen molar-refractivity contribution >= 4 is 23.9 Å². The van der Waals surface area contributed by atoms with Crippen molar-refractivity contribution < 1.29 is 39.6 Å². The van der Waals surface area contributed by atoms with Crippen LogP contribution in [0.15, 0.2) is 0 Å². The van der Waals surface area contributed by atoms with Gasteiger partial charge in [-0.3, -0.25) is 19.2 Å². The molecule has 0 aromatic heterocycles. The molecule has 4 N–H and O–H groups in total. The minimum Gasteiger partial charge on any atom is -0.481 e. The zero-order chi connectivity index (χ0) is 20.8. The van der Waals surface area contributed by atoms with Crippen LogP contribution < -0.4 is 0 Å². The van der Waals surface area contributed by atoms with E-state index in [9.17, 15) is 19.2 Å². The molecular formula is C18H34O8. The molecule has 0 saturated heterocycles. The highest BCUT2D eigenvalue weighted by Crippen LogP contribution is 2.02. The smallest absolute Gasteiger partial charge is 0.303 e. The first-order valence-electron chi connectivity index (χ1n) is 9.04. The molecule has 0 atom stereocenters. The van der Waals surface area contributed by atoms with Gasteiger partial charge in [-0.2, -0.15) is 0 Å². The summed E-state index contributed by atoms with van der Waals surface area (Å²) in [6.45, 7) is 4.22. The Labute approximate surface area is 155 Å². The van der Waals surface area contributed by atoms with Crippen LogP contribution in [-0.4, -0.2) is 44.3 Å². The zero-order valence-corrected chi connectivity index (χ0v) is 15.9. The van der Waals surface area contributed by atoms with E-state index in [1.54, 1.807) is 0 Å². The fourth-order valence-corrected chi connectivity index (χ4v) is 1.62. The Morgan fingerprint density at radius 2 is 0.731 bits per heavy atom. The molecule has 0 heterocycles. The standard InChI is InChI=1S/2C7H14O2.C4H6O4/c2*1-2-3-4-5-6-7(8)9;5-3(6)1-2-4(7)8/h2*2-6H2,1H3,(H,8,9);1-2H2,(H,5,6)(H,7,8). The van der Waals surface area contributed by atoms with Crippen molar-refractivity contribution in [2.45, 2.75) is 90.9 Å². The number of rotatable bonds is 13. The molecule has 0 bridgehead atoms. The van der Waals surface area contributed by atoms with Gasteiger partial charge in [-0.25, -0.2) is 0 Å². The molecule has 0 aliphatic carbocycles. The predicted octanol–water partition coefficient (Wildman–Crippen LogP) is 4.02. The van der Waals surface area contributed by atoms with Crippen LogP contribution in [-0.2, 0) is 19.2 Å². The minimum atomic E-state index is -1.08. The second kappa shape index (κ2) is 22.9. The first-order valence-corrected chi connectivity index (χ1v) is 9.04. The normalized spacial score (nSPS) is 9.15. The van der Waals surface area contributed by atoms with Crippen molar-refractivity contribution in [3.05, 3.63) is 0 Å². The predicted molar refractivity (Wildman–Crippen MR) is 97.3 cm³/mol. The largest absolute Gasteiger partial charge is 0.481 e. The summed E-state index contributed by atoms with van der Waals surface area (Å²) < 4.78 is 0. The van der Waals surface area contributed by atoms with Crippen molar-refractivity contribution in [3.8, 4) is 0 Å². The van der Waals surface area contributed by atoms with Gasteiger partial charge >= 0.3 is 23.9 Å². The number of carboxylic acids is 4. The number of carbonyl (C=O) groups is 4. The molecule has 0 rings (SSSR count). The summed E-state index contributed by atoms with van der Waals surface area (Å²) >= 11 is 0. The van der Waals surface area contributed by atoms with Crippen LogP contribution in [0.2, 0.25) is 0 Å². The summed E-state index contributed by atoms with van der Waals surface area (Å²) in [6.07, 6.45) is 8.52. The number of hydrogen-bond acceptors (Lipinski definition) is 4. The summed E-state index contributed by atoms with van der Waals surface area (Å²) in [5, 5.41) is 32.2. The van der Waals surface area contributed by atoms with Crippen molar-refractivity contribution in [1.82, 2.24) is 0 Å². The molecule has 0 fully saturated rings. The van der Waals surface area contributed by atoms with E-state index >= 15 is 0 Å². The molecule has 0 aliphatic heterocycles. The van der Waals surface area contributed by atoms with Crippen molar-refractivity contribution in [1.29, 1.82) is 0 Å². The zero-order valence-electron chi connectivity index (χ0n) is 15.9. The fraction of sp³-hybridized carbons (Fsp3) is 0.778. The van der Waals surface area contributed by atoms with E-state index in [1.165, 1.54) is 12.8 Å². The SMILES string of the molecule is CCCCCCC(=O)O.CCCCCCC(=O)O.O=C(O)CCC(=O)O. The molecule has 0 aromatic carbocycles. The van der Waals surface area contributed by atoms with E-state index in [1.807, 2.05) is 0 Å². The van der Waals surface area contributed by atoms with Crippen molar-refractivity contribution in [2.24, 2.45) is 0 Å². The molecule has 0 spiro atoms. The van der Waals surface area contributed by atoms with Crippen LogP contribution >= 0.6 is 0 Å². The number of unbranched alkanes of at least 4 members (excludes halogenated alkanes) is 6. The van der Waals surface area contributed by atoms with Gasteiger partial charge in [-0.15, -0.1) is 0 Å². The molecule has 8 heteroatoms. The lowest BCUT2D eigenvalue weighted by Crippen LogP contribution is -2.00. The van der Waals surface area contributed by atoms with E-state index in [-0.39, 0.29) is 12.8 Å². The average Bonchev–Trinajstić information content (AvgIpc) is 2.55. The van der Waals surface area contributed by atoms with Gasteiger partial charge in [0, 0.05) is 12.8 Å². The van der Waals surface area contributed by atoms with Crippen LogP contribution in [0, 0.1) is 0 Å². The van der Waals surface area contributed by atoms with Gasteiger partial charge in [0.25, 0.3) is 0 Å². The molecule has 0 aromatic rings. The average molecular weight is 378 g/mol. The van der Waals surface area contributed by atoms with Crippen LogP contribution in [0.4, 0.5) is 0 Å². The first kappa shape index (κ1) is 28.7. The molecule has 8 nitrogen and oxygen atoms in total.